The number of rotatable bonds is 13. The summed E-state index contributed by atoms with van der Waals surface area (Å²) in [6, 6.07) is -3.34. The lowest BCUT2D eigenvalue weighted by atomic mass is 10.1. The van der Waals surface area contributed by atoms with Gasteiger partial charge in [-0.25, -0.2) is 0 Å². The zero-order valence-corrected chi connectivity index (χ0v) is 20.0. The van der Waals surface area contributed by atoms with E-state index >= 15 is 0 Å². The van der Waals surface area contributed by atoms with Gasteiger partial charge in [0.15, 0.2) is 0 Å². The number of carboxylic acids is 3. The molecule has 0 aliphatic heterocycles. The van der Waals surface area contributed by atoms with Crippen LogP contribution in [0.2, 0.25) is 0 Å². The summed E-state index contributed by atoms with van der Waals surface area (Å²) >= 11 is 0. The Bertz CT molecular complexity index is 575. The van der Waals surface area contributed by atoms with Crippen LogP contribution in [0.25, 0.3) is 0 Å². The second-order valence-electron chi connectivity index (χ2n) is 8.15. The molecule has 0 bridgehead atoms. The zero-order valence-electron chi connectivity index (χ0n) is 20.0. The average molecular weight is 482 g/mol. The van der Waals surface area contributed by atoms with Gasteiger partial charge >= 0.3 is 23.9 Å². The van der Waals surface area contributed by atoms with E-state index in [2.05, 4.69) is 4.74 Å². The highest BCUT2D eigenvalue weighted by Crippen LogP contribution is 2.02. The van der Waals surface area contributed by atoms with Crippen LogP contribution in [0, 0.1) is 11.8 Å². The van der Waals surface area contributed by atoms with Crippen LogP contribution >= 0.6 is 0 Å². The number of carbonyl (C=O) groups excluding carboxylic acids is 1. The van der Waals surface area contributed by atoms with Crippen molar-refractivity contribution in [3.63, 3.8) is 0 Å². The normalized spacial score (nSPS) is 14.0. The smallest absolute Gasteiger partial charge is 0.324 e. The van der Waals surface area contributed by atoms with Gasteiger partial charge in [0.05, 0.1) is 0 Å². The van der Waals surface area contributed by atoms with Crippen LogP contribution in [0.15, 0.2) is 0 Å². The lowest BCUT2D eigenvalue weighted by Gasteiger charge is -2.15. The van der Waals surface area contributed by atoms with E-state index in [0.29, 0.717) is 25.3 Å². The van der Waals surface area contributed by atoms with Crippen molar-refractivity contribution in [2.24, 2.45) is 40.5 Å². The third kappa shape index (κ3) is 22.7. The van der Waals surface area contributed by atoms with E-state index in [1.165, 1.54) is 0 Å². The molecule has 0 heterocycles. The number of ether oxygens (including phenoxy) is 1. The minimum Gasteiger partial charge on any atom is -0.480 e. The van der Waals surface area contributed by atoms with E-state index in [1.54, 1.807) is 13.8 Å². The molecule has 0 aromatic rings. The summed E-state index contributed by atoms with van der Waals surface area (Å²) < 4.78 is 4.62. The lowest BCUT2D eigenvalue weighted by molar-refractivity contribution is -0.150. The van der Waals surface area contributed by atoms with Gasteiger partial charge in [-0.2, -0.15) is 0 Å². The molecular formula is C20H43N5O8. The van der Waals surface area contributed by atoms with E-state index in [-0.39, 0.29) is 12.5 Å². The Hall–Kier alpha value is -2.32. The molecule has 0 saturated carbocycles. The van der Waals surface area contributed by atoms with Crippen molar-refractivity contribution >= 4 is 23.9 Å². The summed E-state index contributed by atoms with van der Waals surface area (Å²) in [6.45, 7) is 7.68. The fraction of sp³-hybridized carbons (Fsp3) is 0.800. The van der Waals surface area contributed by atoms with Crippen LogP contribution in [-0.4, -0.2) is 76.5 Å². The molecule has 0 aromatic heterocycles. The van der Waals surface area contributed by atoms with E-state index < -0.39 is 48.0 Å². The molecular weight excluding hydrogens is 438 g/mol. The minimum atomic E-state index is -1.21. The van der Waals surface area contributed by atoms with E-state index in [9.17, 15) is 19.2 Å². The molecule has 13 nitrogen and oxygen atoms in total. The van der Waals surface area contributed by atoms with Crippen molar-refractivity contribution in [3.05, 3.63) is 0 Å². The molecule has 0 amide bonds. The van der Waals surface area contributed by atoms with Crippen molar-refractivity contribution in [2.75, 3.05) is 13.2 Å². The highest BCUT2D eigenvalue weighted by molar-refractivity contribution is 5.77. The Kier molecular flexibility index (Phi) is 21.7. The standard InChI is InChI=1S/C8H16N2O4.C6H14N2O2.C6H13NO2/c1-4(2)6(10)8(13)14-3-5(9)7(11)12;7-4-2-1-3-5(8)6(9)10;1-4(2)3-5(7)6(8)9/h4-6H,3,9-10H2,1-2H3,(H,11,12);5H,1-4,7-8H2,(H,9,10);4-5H,3,7H2,1-2H3,(H,8,9)/t5-,6-;2*5-/m000/s1. The first kappa shape index (κ1) is 35.3. The van der Waals surface area contributed by atoms with Crippen molar-refractivity contribution in [3.8, 4) is 0 Å². The molecule has 13 N–H and O–H groups in total. The number of nitrogens with two attached hydrogens (primary N) is 5. The second-order valence-corrected chi connectivity index (χ2v) is 8.15. The van der Waals surface area contributed by atoms with Gasteiger partial charge in [0.25, 0.3) is 0 Å². The maximum atomic E-state index is 11.1. The number of unbranched alkanes of at least 4 members (excludes halogenated alkanes) is 1. The monoisotopic (exact) mass is 481 g/mol. The Morgan fingerprint density at radius 2 is 1.21 bits per heavy atom. The molecule has 0 saturated heterocycles. The first-order chi connectivity index (χ1) is 15.1. The number of aliphatic carboxylic acids is 3. The number of hydrogen-bond acceptors (Lipinski definition) is 10. The highest BCUT2D eigenvalue weighted by Gasteiger charge is 2.21. The van der Waals surface area contributed by atoms with Crippen molar-refractivity contribution in [2.45, 2.75) is 77.5 Å². The maximum absolute atomic E-state index is 11.1. The van der Waals surface area contributed by atoms with Gasteiger partial charge in [-0.1, -0.05) is 34.1 Å². The number of esters is 1. The largest absolute Gasteiger partial charge is 0.480 e. The van der Waals surface area contributed by atoms with Crippen molar-refractivity contribution < 1.29 is 39.2 Å². The summed E-state index contributed by atoms with van der Waals surface area (Å²) in [5, 5.41) is 25.0. The van der Waals surface area contributed by atoms with Crippen molar-refractivity contribution in [1.82, 2.24) is 0 Å². The molecule has 0 fully saturated rings. The topological polar surface area (TPSA) is 268 Å². The molecule has 0 unspecified atom stereocenters. The van der Waals surface area contributed by atoms with Gasteiger partial charge in [-0.3, -0.25) is 19.2 Å². The van der Waals surface area contributed by atoms with Crippen LogP contribution < -0.4 is 28.7 Å². The zero-order chi connectivity index (χ0) is 26.7. The van der Waals surface area contributed by atoms with Crippen LogP contribution in [0.5, 0.6) is 0 Å². The van der Waals surface area contributed by atoms with Crippen LogP contribution in [0.3, 0.4) is 0 Å². The average Bonchev–Trinajstić information content (AvgIpc) is 2.71. The van der Waals surface area contributed by atoms with Crippen LogP contribution in [0.1, 0.15) is 53.4 Å². The molecule has 0 radical (unpaired) electrons. The first-order valence-corrected chi connectivity index (χ1v) is 10.7. The fourth-order valence-electron chi connectivity index (χ4n) is 1.85. The molecule has 0 rings (SSSR count). The van der Waals surface area contributed by atoms with Crippen LogP contribution in [-0.2, 0) is 23.9 Å². The van der Waals surface area contributed by atoms with Gasteiger partial charge in [0.2, 0.25) is 0 Å². The summed E-state index contributed by atoms with van der Waals surface area (Å²) in [5.41, 5.74) is 26.2. The van der Waals surface area contributed by atoms with E-state index in [4.69, 9.17) is 44.0 Å². The highest BCUT2D eigenvalue weighted by atomic mass is 16.5. The third-order valence-electron chi connectivity index (χ3n) is 4.04. The predicted octanol–water partition coefficient (Wildman–Crippen LogP) is -1.10. The SMILES string of the molecule is CC(C)C[C@H](N)C(=O)O.CC(C)[C@H](N)C(=O)OC[C@H](N)C(=O)O.NCCCC[C@H](N)C(=O)O. The Morgan fingerprint density at radius 3 is 1.52 bits per heavy atom. The molecule has 0 spiro atoms. The first-order valence-electron chi connectivity index (χ1n) is 10.7. The summed E-state index contributed by atoms with van der Waals surface area (Å²) in [7, 11) is 0. The number of hydrogen-bond donors (Lipinski definition) is 8. The van der Waals surface area contributed by atoms with E-state index in [1.807, 2.05) is 13.8 Å². The Balaban J connectivity index is -0.000000423. The van der Waals surface area contributed by atoms with Gasteiger partial charge in [-0.05, 0) is 37.6 Å². The van der Waals surface area contributed by atoms with Crippen molar-refractivity contribution in [1.29, 1.82) is 0 Å². The summed E-state index contributed by atoms with van der Waals surface area (Å²) in [5.74, 6) is -3.38. The fourth-order valence-corrected chi connectivity index (χ4v) is 1.85. The van der Waals surface area contributed by atoms with E-state index in [0.717, 1.165) is 12.8 Å². The molecule has 0 aromatic carbocycles. The molecule has 0 aliphatic carbocycles. The Labute approximate surface area is 195 Å². The van der Waals surface area contributed by atoms with Gasteiger partial charge < -0.3 is 48.7 Å². The maximum Gasteiger partial charge on any atom is 0.324 e. The van der Waals surface area contributed by atoms with Gasteiger partial charge in [0, 0.05) is 0 Å². The number of carbonyl (C=O) groups is 4. The Morgan fingerprint density at radius 1 is 0.758 bits per heavy atom. The molecule has 33 heavy (non-hydrogen) atoms. The van der Waals surface area contributed by atoms with Crippen LogP contribution in [0.4, 0.5) is 0 Å². The summed E-state index contributed by atoms with van der Waals surface area (Å²) in [6.07, 6.45) is 2.72. The minimum absolute atomic E-state index is 0.0523. The van der Waals surface area contributed by atoms with Gasteiger partial charge in [-0.15, -0.1) is 0 Å². The molecule has 0 aliphatic rings. The second kappa shape index (κ2) is 20.3. The lowest BCUT2D eigenvalue weighted by Crippen LogP contribution is -2.41. The molecule has 13 heteroatoms. The third-order valence-corrected chi connectivity index (χ3v) is 4.04. The van der Waals surface area contributed by atoms with Gasteiger partial charge in [0.1, 0.15) is 30.8 Å². The quantitative estimate of drug-likeness (QED) is 0.115. The molecule has 4 atom stereocenters. The summed E-state index contributed by atoms with van der Waals surface area (Å²) in [4.78, 5) is 41.6. The predicted molar refractivity (Wildman–Crippen MR) is 123 cm³/mol. The molecule has 196 valence electrons. The number of carboxylic acid groups (broad SMARTS) is 3.